The molecule has 2 aromatic rings. The number of phenolic OH excluding ortho intramolecular Hbond substituents is 1. The molecule has 1 aliphatic carbocycles. The highest BCUT2D eigenvalue weighted by atomic mass is 19.1. The van der Waals surface area contributed by atoms with Crippen molar-refractivity contribution in [2.75, 3.05) is 19.6 Å². The van der Waals surface area contributed by atoms with Crippen molar-refractivity contribution in [2.45, 2.75) is 18.9 Å². The van der Waals surface area contributed by atoms with Gasteiger partial charge in [-0.1, -0.05) is 12.1 Å². The van der Waals surface area contributed by atoms with Gasteiger partial charge in [0.25, 0.3) is 0 Å². The van der Waals surface area contributed by atoms with E-state index < -0.39 is 0 Å². The Balaban J connectivity index is 1.30. The number of halogens is 1. The van der Waals surface area contributed by atoms with Crippen LogP contribution in [0.15, 0.2) is 48.5 Å². The molecule has 2 aliphatic rings. The van der Waals surface area contributed by atoms with Crippen LogP contribution < -0.4 is 4.74 Å². The SMILES string of the molecule is O=C(CN1CC2C[C@@H](Oc3ccccc3F)C[C@@H]2C1)c1ccc(O)cc1. The predicted molar refractivity (Wildman–Crippen MR) is 95.9 cm³/mol. The van der Waals surface area contributed by atoms with Crippen molar-refractivity contribution < 1.29 is 19.0 Å². The van der Waals surface area contributed by atoms with Crippen molar-refractivity contribution in [3.63, 3.8) is 0 Å². The number of likely N-dealkylation sites (tertiary alicyclic amines) is 1. The molecule has 1 saturated heterocycles. The fourth-order valence-electron chi connectivity index (χ4n) is 4.23. The highest BCUT2D eigenvalue weighted by molar-refractivity contribution is 5.97. The third kappa shape index (κ3) is 3.58. The number of hydrogen-bond acceptors (Lipinski definition) is 4. The molecule has 1 saturated carbocycles. The van der Waals surface area contributed by atoms with Crippen LogP contribution in [0.3, 0.4) is 0 Å². The predicted octanol–water partition coefficient (Wildman–Crippen LogP) is 3.50. The van der Waals surface area contributed by atoms with Gasteiger partial charge in [-0.05, 0) is 61.1 Å². The Morgan fingerprint density at radius 3 is 2.38 bits per heavy atom. The Labute approximate surface area is 152 Å². The van der Waals surface area contributed by atoms with Crippen LogP contribution in [0.25, 0.3) is 0 Å². The fraction of sp³-hybridized carbons (Fsp3) is 0.381. The van der Waals surface area contributed by atoms with Gasteiger partial charge in [-0.15, -0.1) is 0 Å². The summed E-state index contributed by atoms with van der Waals surface area (Å²) >= 11 is 0. The fourth-order valence-corrected chi connectivity index (χ4v) is 4.23. The largest absolute Gasteiger partial charge is 0.508 e. The maximum atomic E-state index is 13.7. The number of aromatic hydroxyl groups is 1. The topological polar surface area (TPSA) is 49.8 Å². The van der Waals surface area contributed by atoms with Gasteiger partial charge in [-0.25, -0.2) is 4.39 Å². The van der Waals surface area contributed by atoms with Gasteiger partial charge in [0.15, 0.2) is 17.3 Å². The number of para-hydroxylation sites is 1. The van der Waals surface area contributed by atoms with E-state index >= 15 is 0 Å². The molecular formula is C21H22FNO3. The normalized spacial score (nSPS) is 25.2. The number of hydrogen-bond donors (Lipinski definition) is 1. The van der Waals surface area contributed by atoms with E-state index in [1.807, 2.05) is 0 Å². The quantitative estimate of drug-likeness (QED) is 0.834. The second-order valence-corrected chi connectivity index (χ2v) is 7.33. The standard InChI is InChI=1S/C21H22FNO3/c22-19-3-1-2-4-21(19)26-18-9-15-11-23(12-16(15)10-18)13-20(25)14-5-7-17(24)8-6-14/h1-8,15-16,18,24H,9-13H2/t15-,16?,18+/m1/s1. The summed E-state index contributed by atoms with van der Waals surface area (Å²) in [7, 11) is 0. The zero-order valence-corrected chi connectivity index (χ0v) is 14.5. The average Bonchev–Trinajstić information content (AvgIpc) is 3.15. The second kappa shape index (κ2) is 7.08. The minimum absolute atomic E-state index is 0.0526. The first-order valence-corrected chi connectivity index (χ1v) is 9.04. The third-order valence-corrected chi connectivity index (χ3v) is 5.47. The van der Waals surface area contributed by atoms with E-state index in [0.717, 1.165) is 25.9 Å². The monoisotopic (exact) mass is 355 g/mol. The van der Waals surface area contributed by atoms with E-state index in [4.69, 9.17) is 4.74 Å². The van der Waals surface area contributed by atoms with Crippen LogP contribution in [0.4, 0.5) is 4.39 Å². The number of Topliss-reactive ketones (excluding diaryl/α,β-unsaturated/α-hetero) is 1. The number of carbonyl (C=O) groups is 1. The summed E-state index contributed by atoms with van der Waals surface area (Å²) in [5, 5.41) is 9.32. The van der Waals surface area contributed by atoms with E-state index in [1.54, 1.807) is 30.3 Å². The Bertz CT molecular complexity index is 778. The first kappa shape index (κ1) is 17.0. The third-order valence-electron chi connectivity index (χ3n) is 5.47. The van der Waals surface area contributed by atoms with Gasteiger partial charge < -0.3 is 9.84 Å². The lowest BCUT2D eigenvalue weighted by Gasteiger charge is -2.19. The number of fused-ring (bicyclic) bond motifs is 1. The summed E-state index contributed by atoms with van der Waals surface area (Å²) in [5.74, 6) is 1.25. The zero-order chi connectivity index (χ0) is 18.1. The highest BCUT2D eigenvalue weighted by Gasteiger charge is 2.42. The van der Waals surface area contributed by atoms with Crippen LogP contribution in [0.2, 0.25) is 0 Å². The molecule has 1 unspecified atom stereocenters. The van der Waals surface area contributed by atoms with Crippen molar-refractivity contribution in [3.05, 3.63) is 59.9 Å². The molecule has 0 spiro atoms. The van der Waals surface area contributed by atoms with Gasteiger partial charge in [0, 0.05) is 18.7 Å². The Morgan fingerprint density at radius 1 is 1.08 bits per heavy atom. The Kier molecular flexibility index (Phi) is 4.64. The van der Waals surface area contributed by atoms with Gasteiger partial charge in [-0.2, -0.15) is 0 Å². The summed E-state index contributed by atoms with van der Waals surface area (Å²) in [6.45, 7) is 2.16. The van der Waals surface area contributed by atoms with Gasteiger partial charge in [0.1, 0.15) is 5.75 Å². The molecule has 0 bridgehead atoms. The Morgan fingerprint density at radius 2 is 1.73 bits per heavy atom. The highest BCUT2D eigenvalue weighted by Crippen LogP contribution is 2.40. The van der Waals surface area contributed by atoms with Crippen molar-refractivity contribution in [3.8, 4) is 11.5 Å². The zero-order valence-electron chi connectivity index (χ0n) is 14.5. The lowest BCUT2D eigenvalue weighted by Crippen LogP contribution is -2.30. The lowest BCUT2D eigenvalue weighted by atomic mass is 10.0. The molecule has 4 rings (SSSR count). The molecule has 2 fully saturated rings. The molecule has 26 heavy (non-hydrogen) atoms. The molecule has 5 heteroatoms. The average molecular weight is 355 g/mol. The molecule has 1 N–H and O–H groups in total. The summed E-state index contributed by atoms with van der Waals surface area (Å²) < 4.78 is 19.6. The van der Waals surface area contributed by atoms with Crippen LogP contribution in [0, 0.1) is 17.7 Å². The van der Waals surface area contributed by atoms with Crippen LogP contribution in [0.5, 0.6) is 11.5 Å². The number of carbonyl (C=O) groups excluding carboxylic acids is 1. The van der Waals surface area contributed by atoms with Crippen molar-refractivity contribution in [1.29, 1.82) is 0 Å². The number of benzene rings is 2. The maximum Gasteiger partial charge on any atom is 0.176 e. The summed E-state index contributed by atoms with van der Waals surface area (Å²) in [4.78, 5) is 14.6. The van der Waals surface area contributed by atoms with E-state index in [2.05, 4.69) is 4.90 Å². The van der Waals surface area contributed by atoms with Crippen LogP contribution in [-0.2, 0) is 0 Å². The molecular weight excluding hydrogens is 333 g/mol. The minimum Gasteiger partial charge on any atom is -0.508 e. The number of phenols is 1. The first-order valence-electron chi connectivity index (χ1n) is 9.04. The van der Waals surface area contributed by atoms with E-state index in [-0.39, 0.29) is 23.5 Å². The second-order valence-electron chi connectivity index (χ2n) is 7.33. The lowest BCUT2D eigenvalue weighted by molar-refractivity contribution is 0.0936. The molecule has 0 aromatic heterocycles. The van der Waals surface area contributed by atoms with Gasteiger partial charge in [0.05, 0.1) is 12.6 Å². The molecule has 136 valence electrons. The van der Waals surface area contributed by atoms with E-state index in [1.165, 1.54) is 18.2 Å². The Hall–Kier alpha value is -2.40. The number of rotatable bonds is 5. The van der Waals surface area contributed by atoms with Gasteiger partial charge in [-0.3, -0.25) is 9.69 Å². The van der Waals surface area contributed by atoms with Crippen LogP contribution in [0.1, 0.15) is 23.2 Å². The number of ether oxygens (including phenoxy) is 1. The number of nitrogens with zero attached hydrogens (tertiary/aromatic N) is 1. The maximum absolute atomic E-state index is 13.7. The van der Waals surface area contributed by atoms with Crippen molar-refractivity contribution in [1.82, 2.24) is 4.90 Å². The molecule has 0 radical (unpaired) electrons. The van der Waals surface area contributed by atoms with Crippen molar-refractivity contribution in [2.24, 2.45) is 11.8 Å². The van der Waals surface area contributed by atoms with Crippen LogP contribution >= 0.6 is 0 Å². The van der Waals surface area contributed by atoms with E-state index in [9.17, 15) is 14.3 Å². The van der Waals surface area contributed by atoms with Crippen molar-refractivity contribution >= 4 is 5.78 Å². The molecule has 1 aliphatic heterocycles. The van der Waals surface area contributed by atoms with Crippen LogP contribution in [-0.4, -0.2) is 41.5 Å². The number of ketones is 1. The van der Waals surface area contributed by atoms with Gasteiger partial charge >= 0.3 is 0 Å². The first-order chi connectivity index (χ1) is 12.6. The smallest absolute Gasteiger partial charge is 0.176 e. The minimum atomic E-state index is -0.314. The molecule has 0 amide bonds. The molecule has 4 nitrogen and oxygen atoms in total. The molecule has 3 atom stereocenters. The molecule has 1 heterocycles. The van der Waals surface area contributed by atoms with E-state index in [0.29, 0.717) is 29.7 Å². The summed E-state index contributed by atoms with van der Waals surface area (Å²) in [6, 6.07) is 12.9. The summed E-state index contributed by atoms with van der Waals surface area (Å²) in [5.41, 5.74) is 0.626. The molecule has 2 aromatic carbocycles. The summed E-state index contributed by atoms with van der Waals surface area (Å²) in [6.07, 6.45) is 1.86. The van der Waals surface area contributed by atoms with Gasteiger partial charge in [0.2, 0.25) is 0 Å².